The molecule has 28 heavy (non-hydrogen) atoms. The Kier molecular flexibility index (Phi) is 8.78. The van der Waals surface area contributed by atoms with Gasteiger partial charge in [0.15, 0.2) is 17.5 Å². The van der Waals surface area contributed by atoms with Crippen molar-refractivity contribution in [2.75, 3.05) is 46.3 Å². The van der Waals surface area contributed by atoms with Gasteiger partial charge in [-0.3, -0.25) is 4.99 Å². The van der Waals surface area contributed by atoms with Crippen LogP contribution in [0.3, 0.4) is 0 Å². The third-order valence-corrected chi connectivity index (χ3v) is 3.87. The summed E-state index contributed by atoms with van der Waals surface area (Å²) in [6, 6.07) is 13.2. The summed E-state index contributed by atoms with van der Waals surface area (Å²) >= 11 is 0. The molecule has 2 aromatic carbocycles. The van der Waals surface area contributed by atoms with Crippen LogP contribution in [0.4, 0.5) is 5.69 Å². The normalized spacial score (nSPS) is 10.9. The lowest BCUT2D eigenvalue weighted by Gasteiger charge is -2.15. The van der Waals surface area contributed by atoms with E-state index < -0.39 is 0 Å². The minimum absolute atomic E-state index is 0.570. The summed E-state index contributed by atoms with van der Waals surface area (Å²) in [4.78, 5) is 4.25. The maximum absolute atomic E-state index is 5.74. The van der Waals surface area contributed by atoms with Gasteiger partial charge in [0.05, 0.1) is 27.4 Å². The second kappa shape index (κ2) is 11.6. The van der Waals surface area contributed by atoms with Gasteiger partial charge in [-0.25, -0.2) is 0 Å². The Labute approximate surface area is 166 Å². The van der Waals surface area contributed by atoms with Crippen LogP contribution in [-0.4, -0.2) is 47.0 Å². The summed E-state index contributed by atoms with van der Waals surface area (Å²) in [5.41, 5.74) is 0.866. The predicted molar refractivity (Wildman–Crippen MR) is 112 cm³/mol. The van der Waals surface area contributed by atoms with Gasteiger partial charge < -0.3 is 29.6 Å². The van der Waals surface area contributed by atoms with Gasteiger partial charge in [-0.05, 0) is 37.6 Å². The number of hydrogen-bond acceptors (Lipinski definition) is 5. The monoisotopic (exact) mass is 387 g/mol. The van der Waals surface area contributed by atoms with Crippen LogP contribution in [0.2, 0.25) is 0 Å². The quantitative estimate of drug-likeness (QED) is 0.369. The second-order valence-electron chi connectivity index (χ2n) is 5.80. The van der Waals surface area contributed by atoms with Gasteiger partial charge in [-0.15, -0.1) is 0 Å². The van der Waals surface area contributed by atoms with Crippen LogP contribution in [0.25, 0.3) is 0 Å². The fraction of sp³-hybridized carbons (Fsp3) is 0.381. The van der Waals surface area contributed by atoms with E-state index in [2.05, 4.69) is 15.6 Å². The van der Waals surface area contributed by atoms with Crippen molar-refractivity contribution in [1.29, 1.82) is 0 Å². The van der Waals surface area contributed by atoms with E-state index in [1.165, 1.54) is 0 Å². The van der Waals surface area contributed by atoms with Crippen LogP contribution in [0, 0.1) is 0 Å². The Morgan fingerprint density at radius 3 is 2.50 bits per heavy atom. The molecule has 0 spiro atoms. The van der Waals surface area contributed by atoms with Crippen LogP contribution in [0.1, 0.15) is 13.3 Å². The van der Waals surface area contributed by atoms with Crippen molar-refractivity contribution in [2.24, 2.45) is 4.99 Å². The molecule has 7 heteroatoms. The minimum Gasteiger partial charge on any atom is -0.497 e. The van der Waals surface area contributed by atoms with E-state index in [9.17, 15) is 0 Å². The molecule has 0 fully saturated rings. The lowest BCUT2D eigenvalue weighted by Crippen LogP contribution is -2.32. The fourth-order valence-electron chi connectivity index (χ4n) is 2.50. The highest BCUT2D eigenvalue weighted by Crippen LogP contribution is 2.30. The molecule has 0 atom stereocenters. The van der Waals surface area contributed by atoms with E-state index in [0.29, 0.717) is 30.7 Å². The smallest absolute Gasteiger partial charge is 0.195 e. The first-order valence-electron chi connectivity index (χ1n) is 9.25. The SMILES string of the molecule is CCOc1cc(NC(=NC)NCCCOc2cccc(OC)c2)ccc1OC. The summed E-state index contributed by atoms with van der Waals surface area (Å²) < 4.78 is 21.8. The number of hydrogen-bond donors (Lipinski definition) is 2. The van der Waals surface area contributed by atoms with Gasteiger partial charge in [0.25, 0.3) is 0 Å². The molecule has 152 valence electrons. The second-order valence-corrected chi connectivity index (χ2v) is 5.80. The number of aliphatic imine (C=N–C) groups is 1. The Bertz CT molecular complexity index is 765. The van der Waals surface area contributed by atoms with E-state index in [1.54, 1.807) is 21.3 Å². The first kappa shape index (κ1) is 21.2. The lowest BCUT2D eigenvalue weighted by molar-refractivity contribution is 0.309. The maximum Gasteiger partial charge on any atom is 0.195 e. The number of methoxy groups -OCH3 is 2. The molecule has 0 heterocycles. The molecule has 2 aromatic rings. The molecule has 0 bridgehead atoms. The van der Waals surface area contributed by atoms with Crippen molar-refractivity contribution in [1.82, 2.24) is 5.32 Å². The van der Waals surface area contributed by atoms with Gasteiger partial charge in [0.1, 0.15) is 11.5 Å². The number of ether oxygens (including phenoxy) is 4. The third kappa shape index (κ3) is 6.57. The van der Waals surface area contributed by atoms with Crippen LogP contribution >= 0.6 is 0 Å². The molecular weight excluding hydrogens is 358 g/mol. The molecule has 0 saturated heterocycles. The molecule has 0 amide bonds. The van der Waals surface area contributed by atoms with E-state index in [0.717, 1.165) is 30.2 Å². The minimum atomic E-state index is 0.570. The van der Waals surface area contributed by atoms with Crippen molar-refractivity contribution < 1.29 is 18.9 Å². The third-order valence-electron chi connectivity index (χ3n) is 3.87. The lowest BCUT2D eigenvalue weighted by atomic mass is 10.2. The summed E-state index contributed by atoms with van der Waals surface area (Å²) in [5.74, 6) is 3.64. The molecule has 0 aliphatic heterocycles. The first-order valence-corrected chi connectivity index (χ1v) is 9.25. The van der Waals surface area contributed by atoms with E-state index >= 15 is 0 Å². The number of guanidine groups is 1. The molecule has 2 rings (SSSR count). The molecule has 7 nitrogen and oxygen atoms in total. The van der Waals surface area contributed by atoms with Crippen LogP contribution in [0.15, 0.2) is 47.5 Å². The number of nitrogens with one attached hydrogen (secondary N) is 2. The Balaban J connectivity index is 1.79. The number of benzene rings is 2. The summed E-state index contributed by atoms with van der Waals surface area (Å²) in [7, 11) is 5.00. The largest absolute Gasteiger partial charge is 0.497 e. The number of rotatable bonds is 10. The Morgan fingerprint density at radius 1 is 0.964 bits per heavy atom. The van der Waals surface area contributed by atoms with Crippen molar-refractivity contribution in [3.63, 3.8) is 0 Å². The van der Waals surface area contributed by atoms with Crippen LogP contribution in [-0.2, 0) is 0 Å². The highest BCUT2D eigenvalue weighted by atomic mass is 16.5. The standard InChI is InChI=1S/C21H29N3O4/c1-5-27-20-14-16(10-11-19(20)26-4)24-21(22-2)23-12-7-13-28-18-9-6-8-17(15-18)25-3/h6,8-11,14-15H,5,7,12-13H2,1-4H3,(H2,22,23,24). The highest BCUT2D eigenvalue weighted by molar-refractivity contribution is 5.93. The topological polar surface area (TPSA) is 73.3 Å². The highest BCUT2D eigenvalue weighted by Gasteiger charge is 2.07. The van der Waals surface area contributed by atoms with Crippen LogP contribution in [0.5, 0.6) is 23.0 Å². The average molecular weight is 387 g/mol. The molecular formula is C21H29N3O4. The molecule has 0 saturated carbocycles. The van der Waals surface area contributed by atoms with Gasteiger partial charge in [0.2, 0.25) is 0 Å². The van der Waals surface area contributed by atoms with Crippen molar-refractivity contribution in [2.45, 2.75) is 13.3 Å². The fourth-order valence-corrected chi connectivity index (χ4v) is 2.50. The van der Waals surface area contributed by atoms with Crippen molar-refractivity contribution in [3.8, 4) is 23.0 Å². The maximum atomic E-state index is 5.74. The number of nitrogens with zero attached hydrogens (tertiary/aromatic N) is 1. The zero-order chi connectivity index (χ0) is 20.2. The summed E-state index contributed by atoms with van der Waals surface area (Å²) in [5, 5.41) is 6.52. The molecule has 0 radical (unpaired) electrons. The first-order chi connectivity index (χ1) is 13.7. The zero-order valence-electron chi connectivity index (χ0n) is 17.0. The van der Waals surface area contributed by atoms with Crippen LogP contribution < -0.4 is 29.6 Å². The van der Waals surface area contributed by atoms with Gasteiger partial charge in [-0.1, -0.05) is 6.07 Å². The van der Waals surface area contributed by atoms with Crippen molar-refractivity contribution >= 4 is 11.6 Å². The average Bonchev–Trinajstić information content (AvgIpc) is 2.73. The summed E-state index contributed by atoms with van der Waals surface area (Å²) in [6.07, 6.45) is 0.824. The van der Waals surface area contributed by atoms with Gasteiger partial charge >= 0.3 is 0 Å². The van der Waals surface area contributed by atoms with E-state index in [4.69, 9.17) is 18.9 Å². The van der Waals surface area contributed by atoms with Gasteiger partial charge in [0, 0.05) is 31.4 Å². The van der Waals surface area contributed by atoms with Gasteiger partial charge in [-0.2, -0.15) is 0 Å². The molecule has 2 N–H and O–H groups in total. The molecule has 0 aliphatic carbocycles. The molecule has 0 aliphatic rings. The predicted octanol–water partition coefficient (Wildman–Crippen LogP) is 3.56. The Hall–Kier alpha value is -3.09. The van der Waals surface area contributed by atoms with Crippen molar-refractivity contribution in [3.05, 3.63) is 42.5 Å². The van der Waals surface area contributed by atoms with E-state index in [-0.39, 0.29) is 0 Å². The Morgan fingerprint density at radius 2 is 1.79 bits per heavy atom. The van der Waals surface area contributed by atoms with E-state index in [1.807, 2.05) is 49.4 Å². The molecule has 0 unspecified atom stereocenters. The number of anilines is 1. The summed E-state index contributed by atoms with van der Waals surface area (Å²) in [6.45, 7) is 3.82. The zero-order valence-corrected chi connectivity index (χ0v) is 17.0. The molecule has 0 aromatic heterocycles.